The predicted molar refractivity (Wildman–Crippen MR) is 129 cm³/mol. The Morgan fingerprint density at radius 1 is 0.667 bits per heavy atom. The van der Waals surface area contributed by atoms with Gasteiger partial charge >= 0.3 is 0 Å². The van der Waals surface area contributed by atoms with Crippen LogP contribution in [0.4, 0.5) is 0 Å². The van der Waals surface area contributed by atoms with Gasteiger partial charge in [-0.1, -0.05) is 60.7 Å². The third-order valence-electron chi connectivity index (χ3n) is 7.46. The van der Waals surface area contributed by atoms with Crippen LogP contribution in [0.2, 0.25) is 0 Å². The van der Waals surface area contributed by atoms with Crippen LogP contribution < -0.4 is 0 Å². The number of carbonyl (C=O) groups is 2. The highest BCUT2D eigenvalue weighted by Gasteiger charge is 2.51. The molecule has 0 bridgehead atoms. The zero-order valence-electron chi connectivity index (χ0n) is 19.5. The summed E-state index contributed by atoms with van der Waals surface area (Å²) in [4.78, 5) is 34.7. The number of amides is 2. The standard InChI is InChI=1S/C27H34N4O2/c1-28-12-14-30(15-13-28)26(32)23-20-24(23)27(33)31-18-16-29(17-19-31)25(21-8-4-2-5-9-21)22-10-6-3-7-11-22/h2-11,23-25H,12-20H2,1H3. The highest BCUT2D eigenvalue weighted by molar-refractivity contribution is 5.92. The summed E-state index contributed by atoms with van der Waals surface area (Å²) in [6.45, 7) is 6.53. The zero-order valence-corrected chi connectivity index (χ0v) is 19.5. The Morgan fingerprint density at radius 3 is 1.55 bits per heavy atom. The van der Waals surface area contributed by atoms with Crippen LogP contribution in [0.25, 0.3) is 0 Å². The number of carbonyl (C=O) groups excluding carboxylic acids is 2. The van der Waals surface area contributed by atoms with Crippen molar-refractivity contribution in [2.75, 3.05) is 59.4 Å². The molecule has 33 heavy (non-hydrogen) atoms. The smallest absolute Gasteiger partial charge is 0.226 e. The molecule has 6 nitrogen and oxygen atoms in total. The molecule has 3 aliphatic rings. The molecule has 0 spiro atoms. The SMILES string of the molecule is CN1CCN(C(=O)C2CC2C(=O)N2CCN(C(c3ccccc3)c3ccccc3)CC2)CC1. The molecule has 2 unspecified atom stereocenters. The Balaban J connectivity index is 1.19. The molecule has 5 rings (SSSR count). The molecular formula is C27H34N4O2. The van der Waals surface area contributed by atoms with Gasteiger partial charge < -0.3 is 14.7 Å². The minimum absolute atomic E-state index is 0.0969. The highest BCUT2D eigenvalue weighted by Crippen LogP contribution is 2.42. The van der Waals surface area contributed by atoms with E-state index < -0.39 is 0 Å². The lowest BCUT2D eigenvalue weighted by molar-refractivity contribution is -0.139. The van der Waals surface area contributed by atoms with Gasteiger partial charge in [0.2, 0.25) is 11.8 Å². The summed E-state index contributed by atoms with van der Waals surface area (Å²) in [5, 5.41) is 0. The van der Waals surface area contributed by atoms with Gasteiger partial charge in [0.25, 0.3) is 0 Å². The van der Waals surface area contributed by atoms with Crippen LogP contribution in [0, 0.1) is 11.8 Å². The number of rotatable bonds is 5. The van der Waals surface area contributed by atoms with Crippen molar-refractivity contribution in [1.29, 1.82) is 0 Å². The minimum Gasteiger partial charge on any atom is -0.340 e. The van der Waals surface area contributed by atoms with Crippen LogP contribution in [-0.2, 0) is 9.59 Å². The summed E-state index contributed by atoms with van der Waals surface area (Å²) in [6.07, 6.45) is 0.723. The third-order valence-corrected chi connectivity index (χ3v) is 7.46. The fraction of sp³-hybridized carbons (Fsp3) is 0.481. The monoisotopic (exact) mass is 446 g/mol. The lowest BCUT2D eigenvalue weighted by Crippen LogP contribution is -2.51. The quantitative estimate of drug-likeness (QED) is 0.707. The van der Waals surface area contributed by atoms with Crippen LogP contribution in [0.1, 0.15) is 23.6 Å². The van der Waals surface area contributed by atoms with Crippen molar-refractivity contribution in [3.8, 4) is 0 Å². The van der Waals surface area contributed by atoms with Crippen molar-refractivity contribution in [3.05, 3.63) is 71.8 Å². The minimum atomic E-state index is -0.109. The molecule has 174 valence electrons. The maximum Gasteiger partial charge on any atom is 0.226 e. The highest BCUT2D eigenvalue weighted by atomic mass is 16.2. The van der Waals surface area contributed by atoms with Gasteiger partial charge in [-0.15, -0.1) is 0 Å². The Kier molecular flexibility index (Phi) is 6.47. The predicted octanol–water partition coefficient (Wildman–Crippen LogP) is 2.33. The summed E-state index contributed by atoms with van der Waals surface area (Å²) in [5.41, 5.74) is 2.56. The van der Waals surface area contributed by atoms with E-state index in [1.54, 1.807) is 0 Å². The Hall–Kier alpha value is -2.70. The Labute approximate surface area is 196 Å². The molecule has 2 aromatic carbocycles. The van der Waals surface area contributed by atoms with Gasteiger partial charge in [0.05, 0.1) is 17.9 Å². The first-order valence-corrected chi connectivity index (χ1v) is 12.2. The van der Waals surface area contributed by atoms with Crippen molar-refractivity contribution < 1.29 is 9.59 Å². The zero-order chi connectivity index (χ0) is 22.8. The van der Waals surface area contributed by atoms with E-state index in [9.17, 15) is 9.59 Å². The van der Waals surface area contributed by atoms with Crippen LogP contribution in [0.15, 0.2) is 60.7 Å². The number of benzene rings is 2. The number of piperazine rings is 2. The van der Waals surface area contributed by atoms with Gasteiger partial charge in [0.15, 0.2) is 0 Å². The molecule has 2 aromatic rings. The molecule has 6 heteroatoms. The molecule has 2 amide bonds. The second kappa shape index (κ2) is 9.65. The van der Waals surface area contributed by atoms with E-state index >= 15 is 0 Å². The normalized spacial score (nSPS) is 24.2. The van der Waals surface area contributed by atoms with Gasteiger partial charge in [-0.05, 0) is 24.6 Å². The Bertz CT molecular complexity index is 911. The lowest BCUT2D eigenvalue weighted by Gasteiger charge is -2.40. The van der Waals surface area contributed by atoms with E-state index in [1.165, 1.54) is 11.1 Å². The first-order valence-electron chi connectivity index (χ1n) is 12.2. The average molecular weight is 447 g/mol. The van der Waals surface area contributed by atoms with Crippen molar-refractivity contribution in [1.82, 2.24) is 19.6 Å². The topological polar surface area (TPSA) is 47.1 Å². The van der Waals surface area contributed by atoms with E-state index in [0.29, 0.717) is 0 Å². The maximum absolute atomic E-state index is 13.2. The molecule has 1 aliphatic carbocycles. The molecule has 0 radical (unpaired) electrons. The second-order valence-electron chi connectivity index (χ2n) is 9.66. The molecule has 2 atom stereocenters. The molecule has 2 saturated heterocycles. The molecule has 1 saturated carbocycles. The summed E-state index contributed by atoms with van der Waals surface area (Å²) < 4.78 is 0. The summed E-state index contributed by atoms with van der Waals surface area (Å²) in [7, 11) is 2.09. The number of hydrogen-bond donors (Lipinski definition) is 0. The van der Waals surface area contributed by atoms with Crippen molar-refractivity contribution >= 4 is 11.8 Å². The van der Waals surface area contributed by atoms with Crippen molar-refractivity contribution in [3.63, 3.8) is 0 Å². The van der Waals surface area contributed by atoms with Crippen molar-refractivity contribution in [2.24, 2.45) is 11.8 Å². The van der Waals surface area contributed by atoms with Gasteiger partial charge in [0, 0.05) is 52.4 Å². The molecule has 3 fully saturated rings. The van der Waals surface area contributed by atoms with Gasteiger partial charge in [-0.3, -0.25) is 14.5 Å². The average Bonchev–Trinajstić information content (AvgIpc) is 3.67. The molecule has 2 heterocycles. The first-order chi connectivity index (χ1) is 16.1. The van der Waals surface area contributed by atoms with E-state index in [0.717, 1.165) is 58.8 Å². The number of hydrogen-bond acceptors (Lipinski definition) is 4. The largest absolute Gasteiger partial charge is 0.340 e. The number of likely N-dealkylation sites (N-methyl/N-ethyl adjacent to an activating group) is 1. The van der Waals surface area contributed by atoms with Gasteiger partial charge in [0.1, 0.15) is 0 Å². The van der Waals surface area contributed by atoms with E-state index in [2.05, 4.69) is 77.5 Å². The number of nitrogens with zero attached hydrogens (tertiary/aromatic N) is 4. The van der Waals surface area contributed by atoms with E-state index in [4.69, 9.17) is 0 Å². The molecule has 0 N–H and O–H groups in total. The van der Waals surface area contributed by atoms with E-state index in [1.807, 2.05) is 9.80 Å². The fourth-order valence-electron chi connectivity index (χ4n) is 5.32. The third kappa shape index (κ3) is 4.82. The molecule has 2 aliphatic heterocycles. The van der Waals surface area contributed by atoms with Crippen molar-refractivity contribution in [2.45, 2.75) is 12.5 Å². The molecule has 0 aromatic heterocycles. The van der Waals surface area contributed by atoms with Gasteiger partial charge in [-0.25, -0.2) is 0 Å². The Morgan fingerprint density at radius 2 is 1.09 bits per heavy atom. The van der Waals surface area contributed by atoms with Crippen LogP contribution in [0.3, 0.4) is 0 Å². The summed E-state index contributed by atoms with van der Waals surface area (Å²) in [6, 6.07) is 21.4. The first kappa shape index (κ1) is 22.1. The summed E-state index contributed by atoms with van der Waals surface area (Å²) in [5.74, 6) is 0.162. The van der Waals surface area contributed by atoms with Crippen LogP contribution >= 0.6 is 0 Å². The fourth-order valence-corrected chi connectivity index (χ4v) is 5.32. The second-order valence-corrected chi connectivity index (χ2v) is 9.66. The van der Waals surface area contributed by atoms with Gasteiger partial charge in [-0.2, -0.15) is 0 Å². The molecular weight excluding hydrogens is 412 g/mol. The van der Waals surface area contributed by atoms with Crippen LogP contribution in [-0.4, -0.2) is 90.8 Å². The maximum atomic E-state index is 13.2. The van der Waals surface area contributed by atoms with Crippen LogP contribution in [0.5, 0.6) is 0 Å². The lowest BCUT2D eigenvalue weighted by atomic mass is 9.96. The van der Waals surface area contributed by atoms with E-state index in [-0.39, 0.29) is 29.7 Å². The summed E-state index contributed by atoms with van der Waals surface area (Å²) >= 11 is 0.